The molecule has 0 aliphatic carbocycles. The predicted octanol–water partition coefficient (Wildman–Crippen LogP) is 2.13. The fourth-order valence-electron chi connectivity index (χ4n) is 2.21. The molecule has 0 aromatic heterocycles. The highest BCUT2D eigenvalue weighted by Crippen LogP contribution is 2.17. The van der Waals surface area contributed by atoms with Crippen molar-refractivity contribution in [3.8, 4) is 0 Å². The monoisotopic (exact) mass is 365 g/mol. The molecule has 0 radical (unpaired) electrons. The lowest BCUT2D eigenvalue weighted by molar-refractivity contribution is -0.150. The highest BCUT2D eigenvalue weighted by molar-refractivity contribution is 5.97. The zero-order valence-electron chi connectivity index (χ0n) is 15.1. The first-order valence-electron chi connectivity index (χ1n) is 8.25. The van der Waals surface area contributed by atoms with E-state index in [9.17, 15) is 19.3 Å². The van der Waals surface area contributed by atoms with Crippen LogP contribution in [0, 0.1) is 4.91 Å². The number of carbonyl (C=O) groups excluding carboxylic acids is 3. The van der Waals surface area contributed by atoms with Gasteiger partial charge in [0.05, 0.1) is 18.5 Å². The number of nitrogens with zero attached hydrogens (tertiary/aromatic N) is 2. The Hall–Kier alpha value is -2.97. The van der Waals surface area contributed by atoms with Gasteiger partial charge in [-0.15, -0.1) is 4.91 Å². The van der Waals surface area contributed by atoms with Crippen LogP contribution >= 0.6 is 0 Å². The van der Waals surface area contributed by atoms with Gasteiger partial charge in [0, 0.05) is 24.7 Å². The van der Waals surface area contributed by atoms with E-state index in [1.165, 1.54) is 12.1 Å². The van der Waals surface area contributed by atoms with Crippen LogP contribution in [0.15, 0.2) is 29.6 Å². The SMILES string of the molecule is CCOC(=O)CC[C@H](C(=O)OCC)N(N=O)C(=O)c1ccc(NC)cc1. The van der Waals surface area contributed by atoms with Crippen LogP contribution in [0.1, 0.15) is 37.0 Å². The van der Waals surface area contributed by atoms with Crippen LogP contribution in [-0.2, 0) is 19.1 Å². The van der Waals surface area contributed by atoms with E-state index < -0.39 is 23.9 Å². The number of ether oxygens (including phenoxy) is 2. The summed E-state index contributed by atoms with van der Waals surface area (Å²) in [7, 11) is 1.72. The minimum atomic E-state index is -1.31. The third-order valence-corrected chi connectivity index (χ3v) is 3.50. The van der Waals surface area contributed by atoms with E-state index >= 15 is 0 Å². The van der Waals surface area contributed by atoms with Crippen molar-refractivity contribution >= 4 is 23.5 Å². The fourth-order valence-corrected chi connectivity index (χ4v) is 2.21. The lowest BCUT2D eigenvalue weighted by Crippen LogP contribution is -2.42. The van der Waals surface area contributed by atoms with Crippen LogP contribution in [0.2, 0.25) is 0 Å². The molecule has 142 valence electrons. The molecule has 0 aliphatic heterocycles. The van der Waals surface area contributed by atoms with Crippen molar-refractivity contribution in [1.29, 1.82) is 0 Å². The predicted molar refractivity (Wildman–Crippen MR) is 94.2 cm³/mol. The van der Waals surface area contributed by atoms with Gasteiger partial charge in [0.1, 0.15) is 0 Å². The van der Waals surface area contributed by atoms with Crippen LogP contribution in [0.25, 0.3) is 0 Å². The summed E-state index contributed by atoms with van der Waals surface area (Å²) >= 11 is 0. The van der Waals surface area contributed by atoms with Crippen LogP contribution in [0.3, 0.4) is 0 Å². The van der Waals surface area contributed by atoms with Crippen LogP contribution in [0.5, 0.6) is 0 Å². The standard InChI is InChI=1S/C17H23N3O6/c1-4-25-15(21)11-10-14(17(23)26-5-2)20(19-24)16(22)12-6-8-13(18-3)9-7-12/h6-9,14,18H,4-5,10-11H2,1-3H3/t14-/m1/s1. The van der Waals surface area contributed by atoms with E-state index in [0.717, 1.165) is 5.69 Å². The Morgan fingerprint density at radius 3 is 2.23 bits per heavy atom. The molecule has 26 heavy (non-hydrogen) atoms. The molecule has 0 fully saturated rings. The van der Waals surface area contributed by atoms with Gasteiger partial charge in [-0.2, -0.15) is 5.01 Å². The van der Waals surface area contributed by atoms with E-state index in [2.05, 4.69) is 10.6 Å². The van der Waals surface area contributed by atoms with E-state index in [1.54, 1.807) is 33.0 Å². The summed E-state index contributed by atoms with van der Waals surface area (Å²) < 4.78 is 9.71. The molecule has 0 heterocycles. The molecule has 1 amide bonds. The summed E-state index contributed by atoms with van der Waals surface area (Å²) in [5.74, 6) is -2.11. The largest absolute Gasteiger partial charge is 0.466 e. The average Bonchev–Trinajstić information content (AvgIpc) is 2.65. The maximum atomic E-state index is 12.6. The molecule has 0 unspecified atom stereocenters. The van der Waals surface area contributed by atoms with E-state index in [1.807, 2.05) is 0 Å². The van der Waals surface area contributed by atoms with E-state index in [4.69, 9.17) is 9.47 Å². The lowest BCUT2D eigenvalue weighted by Gasteiger charge is -2.23. The van der Waals surface area contributed by atoms with Crippen molar-refractivity contribution in [2.45, 2.75) is 32.7 Å². The second-order valence-electron chi connectivity index (χ2n) is 5.17. The maximum absolute atomic E-state index is 12.6. The normalized spacial score (nSPS) is 11.2. The van der Waals surface area contributed by atoms with Gasteiger partial charge in [-0.3, -0.25) is 9.59 Å². The molecule has 9 nitrogen and oxygen atoms in total. The summed E-state index contributed by atoms with van der Waals surface area (Å²) in [5, 5.41) is 6.11. The van der Waals surface area contributed by atoms with E-state index in [0.29, 0.717) is 5.01 Å². The zero-order chi connectivity index (χ0) is 19.5. The minimum absolute atomic E-state index is 0.0620. The molecule has 1 N–H and O–H groups in total. The van der Waals surface area contributed by atoms with Gasteiger partial charge in [0.25, 0.3) is 5.91 Å². The Kier molecular flexibility index (Phi) is 8.76. The van der Waals surface area contributed by atoms with Crippen molar-refractivity contribution < 1.29 is 23.9 Å². The third kappa shape index (κ3) is 5.83. The van der Waals surface area contributed by atoms with Crippen molar-refractivity contribution in [2.75, 3.05) is 25.6 Å². The number of esters is 2. The highest BCUT2D eigenvalue weighted by atomic mass is 16.5. The molecular formula is C17H23N3O6. The van der Waals surface area contributed by atoms with Crippen molar-refractivity contribution in [3.63, 3.8) is 0 Å². The van der Waals surface area contributed by atoms with Crippen LogP contribution < -0.4 is 5.32 Å². The van der Waals surface area contributed by atoms with Crippen molar-refractivity contribution in [1.82, 2.24) is 5.01 Å². The average molecular weight is 365 g/mol. The quantitative estimate of drug-likeness (QED) is 0.384. The first-order chi connectivity index (χ1) is 12.5. The number of nitroso groups, excluding NO2 is 1. The second-order valence-corrected chi connectivity index (χ2v) is 5.17. The number of amides is 1. The Balaban J connectivity index is 3.00. The molecule has 1 rings (SSSR count). The number of benzene rings is 1. The van der Waals surface area contributed by atoms with Gasteiger partial charge >= 0.3 is 11.9 Å². The number of anilines is 1. The summed E-state index contributed by atoms with van der Waals surface area (Å²) in [6, 6.07) is 4.98. The Labute approximate surface area is 151 Å². The fraction of sp³-hybridized carbons (Fsp3) is 0.471. The van der Waals surface area contributed by atoms with Crippen LogP contribution in [-0.4, -0.2) is 49.2 Å². The molecule has 1 aromatic carbocycles. The molecule has 9 heteroatoms. The summed E-state index contributed by atoms with van der Waals surface area (Å²) in [6.45, 7) is 3.50. The molecule has 0 aliphatic rings. The summed E-state index contributed by atoms with van der Waals surface area (Å²) in [4.78, 5) is 47.6. The number of rotatable bonds is 10. The van der Waals surface area contributed by atoms with Gasteiger partial charge in [0.2, 0.25) is 0 Å². The number of nitrogens with one attached hydrogen (secondary N) is 1. The minimum Gasteiger partial charge on any atom is -0.466 e. The van der Waals surface area contributed by atoms with Gasteiger partial charge in [-0.05, 0) is 44.5 Å². The third-order valence-electron chi connectivity index (χ3n) is 3.50. The first kappa shape index (κ1) is 21.1. The Bertz CT molecular complexity index is 632. The maximum Gasteiger partial charge on any atom is 0.331 e. The first-order valence-corrected chi connectivity index (χ1v) is 8.25. The number of hydrogen-bond acceptors (Lipinski definition) is 8. The molecular weight excluding hydrogens is 342 g/mol. The van der Waals surface area contributed by atoms with Gasteiger partial charge in [-0.25, -0.2) is 4.79 Å². The molecule has 0 saturated heterocycles. The van der Waals surface area contributed by atoms with Crippen LogP contribution in [0.4, 0.5) is 5.69 Å². The Morgan fingerprint density at radius 1 is 1.12 bits per heavy atom. The van der Waals surface area contributed by atoms with Crippen molar-refractivity contribution in [3.05, 3.63) is 34.7 Å². The van der Waals surface area contributed by atoms with Crippen molar-refractivity contribution in [2.24, 2.45) is 5.29 Å². The lowest BCUT2D eigenvalue weighted by atomic mass is 10.1. The molecule has 1 atom stereocenters. The van der Waals surface area contributed by atoms with Gasteiger partial charge in [-0.1, -0.05) is 0 Å². The smallest absolute Gasteiger partial charge is 0.331 e. The zero-order valence-corrected chi connectivity index (χ0v) is 15.1. The van der Waals surface area contributed by atoms with Gasteiger partial charge < -0.3 is 14.8 Å². The Morgan fingerprint density at radius 2 is 1.73 bits per heavy atom. The number of hydrogen-bond donors (Lipinski definition) is 1. The topological polar surface area (TPSA) is 114 Å². The molecule has 0 spiro atoms. The summed E-state index contributed by atoms with van der Waals surface area (Å²) in [5.41, 5.74) is 0.949. The second kappa shape index (κ2) is 10.8. The molecule has 0 bridgehead atoms. The number of carbonyl (C=O) groups is 3. The molecule has 0 saturated carbocycles. The van der Waals surface area contributed by atoms with Gasteiger partial charge in [0.15, 0.2) is 6.04 Å². The highest BCUT2D eigenvalue weighted by Gasteiger charge is 2.33. The summed E-state index contributed by atoms with van der Waals surface area (Å²) in [6.07, 6.45) is -0.293. The van der Waals surface area contributed by atoms with E-state index in [-0.39, 0.29) is 31.6 Å². The molecule has 1 aromatic rings.